The van der Waals surface area contributed by atoms with Crippen molar-refractivity contribution >= 4 is 35.6 Å². The number of aliphatic hydroxyl groups is 1. The minimum absolute atomic E-state index is 0. The Kier molecular flexibility index (Phi) is 8.74. The molecule has 126 valence electrons. The largest absolute Gasteiger partial charge is 0.489 e. The molecule has 0 aliphatic heterocycles. The maximum atomic E-state index is 9.19. The highest BCUT2D eigenvalue weighted by Gasteiger charge is 2.03. The number of halogens is 3. The fraction of sp³-hybridized carbons (Fsp3) is 0.294. The second kappa shape index (κ2) is 10.0. The lowest BCUT2D eigenvalue weighted by Crippen LogP contribution is -2.23. The highest BCUT2D eigenvalue weighted by atomic mass is 35.5. The molecule has 23 heavy (non-hydrogen) atoms. The van der Waals surface area contributed by atoms with Crippen LogP contribution >= 0.6 is 35.6 Å². The number of hydrogen-bond donors (Lipinski definition) is 2. The van der Waals surface area contributed by atoms with E-state index in [0.717, 1.165) is 16.9 Å². The summed E-state index contributed by atoms with van der Waals surface area (Å²) >= 11 is 12.0. The second-order valence-corrected chi connectivity index (χ2v) is 5.99. The minimum Gasteiger partial charge on any atom is -0.489 e. The van der Waals surface area contributed by atoms with Gasteiger partial charge in [0, 0.05) is 28.7 Å². The Morgan fingerprint density at radius 2 is 1.83 bits per heavy atom. The van der Waals surface area contributed by atoms with Crippen molar-refractivity contribution < 1.29 is 9.84 Å². The standard InChI is InChI=1S/C17H19Cl2NO2.ClH/c1-12(21)9-20-10-13-2-6-16(7-3-13)22-11-14-4-5-15(18)8-17(14)19;/h2-8,12,20-21H,9-11H2,1H3;1H. The van der Waals surface area contributed by atoms with Crippen molar-refractivity contribution in [2.24, 2.45) is 0 Å². The van der Waals surface area contributed by atoms with Crippen molar-refractivity contribution in [3.05, 3.63) is 63.6 Å². The van der Waals surface area contributed by atoms with Crippen molar-refractivity contribution in [2.45, 2.75) is 26.2 Å². The van der Waals surface area contributed by atoms with Gasteiger partial charge in [0.2, 0.25) is 0 Å². The highest BCUT2D eigenvalue weighted by Crippen LogP contribution is 2.22. The van der Waals surface area contributed by atoms with Crippen LogP contribution in [-0.4, -0.2) is 17.8 Å². The number of ether oxygens (including phenoxy) is 1. The summed E-state index contributed by atoms with van der Waals surface area (Å²) in [5.74, 6) is 0.783. The lowest BCUT2D eigenvalue weighted by molar-refractivity contribution is 0.191. The molecule has 1 atom stereocenters. The predicted molar refractivity (Wildman–Crippen MR) is 97.9 cm³/mol. The molecule has 1 unspecified atom stereocenters. The summed E-state index contributed by atoms with van der Waals surface area (Å²) in [5, 5.41) is 13.6. The van der Waals surface area contributed by atoms with Gasteiger partial charge in [0.1, 0.15) is 12.4 Å². The van der Waals surface area contributed by atoms with E-state index < -0.39 is 0 Å². The summed E-state index contributed by atoms with van der Waals surface area (Å²) in [6, 6.07) is 13.2. The fourth-order valence-electron chi connectivity index (χ4n) is 1.93. The summed E-state index contributed by atoms with van der Waals surface area (Å²) < 4.78 is 5.72. The summed E-state index contributed by atoms with van der Waals surface area (Å²) in [6.45, 7) is 3.45. The van der Waals surface area contributed by atoms with Crippen molar-refractivity contribution in [2.75, 3.05) is 6.54 Å². The van der Waals surface area contributed by atoms with Gasteiger partial charge >= 0.3 is 0 Å². The molecule has 0 aliphatic carbocycles. The Bertz CT molecular complexity index is 603. The van der Waals surface area contributed by atoms with Gasteiger partial charge in [-0.1, -0.05) is 41.4 Å². The van der Waals surface area contributed by atoms with Crippen molar-refractivity contribution in [1.82, 2.24) is 5.32 Å². The number of rotatable bonds is 7. The van der Waals surface area contributed by atoms with Crippen molar-refractivity contribution in [3.8, 4) is 5.75 Å². The molecule has 0 bridgehead atoms. The molecule has 0 spiro atoms. The van der Waals surface area contributed by atoms with Gasteiger partial charge in [0.05, 0.1) is 6.10 Å². The summed E-state index contributed by atoms with van der Waals surface area (Å²) in [6.07, 6.45) is -0.341. The normalized spacial score (nSPS) is 11.7. The quantitative estimate of drug-likeness (QED) is 0.749. The van der Waals surface area contributed by atoms with Crippen LogP contribution in [0.15, 0.2) is 42.5 Å². The van der Waals surface area contributed by atoms with Gasteiger partial charge in [-0.3, -0.25) is 0 Å². The molecular weight excluding hydrogens is 357 g/mol. The topological polar surface area (TPSA) is 41.5 Å². The molecule has 0 radical (unpaired) electrons. The summed E-state index contributed by atoms with van der Waals surface area (Å²) in [5.41, 5.74) is 2.03. The Hall–Kier alpha value is -0.970. The number of aliphatic hydroxyl groups excluding tert-OH is 1. The molecule has 6 heteroatoms. The number of hydrogen-bond acceptors (Lipinski definition) is 3. The van der Waals surface area contributed by atoms with E-state index in [1.807, 2.05) is 30.3 Å². The molecule has 2 aromatic carbocycles. The Morgan fingerprint density at radius 1 is 1.13 bits per heavy atom. The van der Waals surface area contributed by atoms with E-state index in [1.54, 1.807) is 19.1 Å². The van der Waals surface area contributed by atoms with Gasteiger partial charge in [-0.15, -0.1) is 12.4 Å². The Morgan fingerprint density at radius 3 is 2.43 bits per heavy atom. The van der Waals surface area contributed by atoms with E-state index in [0.29, 0.717) is 29.7 Å². The average molecular weight is 377 g/mol. The number of nitrogens with one attached hydrogen (secondary N) is 1. The van der Waals surface area contributed by atoms with Crippen molar-refractivity contribution in [1.29, 1.82) is 0 Å². The highest BCUT2D eigenvalue weighted by molar-refractivity contribution is 6.35. The third-order valence-electron chi connectivity index (χ3n) is 3.10. The van der Waals surface area contributed by atoms with Gasteiger partial charge in [-0.05, 0) is 36.8 Å². The van der Waals surface area contributed by atoms with Gasteiger partial charge < -0.3 is 15.2 Å². The first-order valence-electron chi connectivity index (χ1n) is 7.09. The number of benzene rings is 2. The predicted octanol–water partition coefficient (Wildman–Crippen LogP) is 4.46. The van der Waals surface area contributed by atoms with Crippen LogP contribution in [0.2, 0.25) is 10.0 Å². The zero-order chi connectivity index (χ0) is 15.9. The van der Waals surface area contributed by atoms with E-state index in [9.17, 15) is 5.11 Å². The molecule has 0 heterocycles. The SMILES string of the molecule is CC(O)CNCc1ccc(OCc2ccc(Cl)cc2Cl)cc1.Cl. The lowest BCUT2D eigenvalue weighted by atomic mass is 10.2. The Balaban J connectivity index is 0.00000264. The van der Waals surface area contributed by atoms with E-state index in [-0.39, 0.29) is 18.5 Å². The monoisotopic (exact) mass is 375 g/mol. The van der Waals surface area contributed by atoms with Crippen LogP contribution in [0.25, 0.3) is 0 Å². The second-order valence-electron chi connectivity index (χ2n) is 5.15. The van der Waals surface area contributed by atoms with E-state index in [1.165, 1.54) is 0 Å². The molecule has 0 aromatic heterocycles. The van der Waals surface area contributed by atoms with Gasteiger partial charge in [0.25, 0.3) is 0 Å². The van der Waals surface area contributed by atoms with Crippen molar-refractivity contribution in [3.63, 3.8) is 0 Å². The van der Waals surface area contributed by atoms with Crippen LogP contribution in [0.3, 0.4) is 0 Å². The molecule has 0 saturated carbocycles. The van der Waals surface area contributed by atoms with Gasteiger partial charge in [-0.25, -0.2) is 0 Å². The first-order chi connectivity index (χ1) is 10.5. The summed E-state index contributed by atoms with van der Waals surface area (Å²) in [7, 11) is 0. The van der Waals surface area contributed by atoms with Gasteiger partial charge in [0.15, 0.2) is 0 Å². The molecule has 2 aromatic rings. The molecule has 0 aliphatic rings. The minimum atomic E-state index is -0.341. The molecule has 0 fully saturated rings. The van der Waals surface area contributed by atoms with Crippen LogP contribution in [0, 0.1) is 0 Å². The first-order valence-corrected chi connectivity index (χ1v) is 7.84. The van der Waals surface area contributed by atoms with E-state index >= 15 is 0 Å². The third kappa shape index (κ3) is 6.98. The molecule has 0 saturated heterocycles. The smallest absolute Gasteiger partial charge is 0.119 e. The van der Waals surface area contributed by atoms with E-state index in [2.05, 4.69) is 5.32 Å². The summed E-state index contributed by atoms with van der Waals surface area (Å²) in [4.78, 5) is 0. The van der Waals surface area contributed by atoms with E-state index in [4.69, 9.17) is 27.9 Å². The zero-order valence-corrected chi connectivity index (χ0v) is 15.1. The first kappa shape index (κ1) is 20.1. The lowest BCUT2D eigenvalue weighted by Gasteiger charge is -2.10. The van der Waals surface area contributed by atoms with Crippen LogP contribution in [-0.2, 0) is 13.2 Å². The van der Waals surface area contributed by atoms with Gasteiger partial charge in [-0.2, -0.15) is 0 Å². The zero-order valence-electron chi connectivity index (χ0n) is 12.8. The maximum Gasteiger partial charge on any atom is 0.119 e. The molecule has 2 rings (SSSR count). The van der Waals surface area contributed by atoms with Crippen LogP contribution in [0.1, 0.15) is 18.1 Å². The molecule has 2 N–H and O–H groups in total. The Labute approximate surface area is 153 Å². The maximum absolute atomic E-state index is 9.19. The molecule has 0 amide bonds. The van der Waals surface area contributed by atoms with Crippen LogP contribution in [0.5, 0.6) is 5.75 Å². The molecular formula is C17H20Cl3NO2. The third-order valence-corrected chi connectivity index (χ3v) is 3.69. The fourth-order valence-corrected chi connectivity index (χ4v) is 2.39. The van der Waals surface area contributed by atoms with Crippen LogP contribution in [0.4, 0.5) is 0 Å². The van der Waals surface area contributed by atoms with Crippen LogP contribution < -0.4 is 10.1 Å². The average Bonchev–Trinajstić information content (AvgIpc) is 2.47. The molecule has 3 nitrogen and oxygen atoms in total.